The van der Waals surface area contributed by atoms with Crippen LogP contribution in [0.25, 0.3) is 0 Å². The van der Waals surface area contributed by atoms with Crippen LogP contribution in [0.5, 0.6) is 0 Å². The van der Waals surface area contributed by atoms with Crippen LogP contribution in [0.1, 0.15) is 25.7 Å². The van der Waals surface area contributed by atoms with Crippen molar-refractivity contribution in [1.82, 2.24) is 5.32 Å². The van der Waals surface area contributed by atoms with Crippen LogP contribution in [-0.2, 0) is 4.79 Å². The lowest BCUT2D eigenvalue weighted by molar-refractivity contribution is -0.130. The molecule has 1 N–H and O–H groups in total. The standard InChI is InChI=1S/C10H14N2O/c11-6-7-1-2-8-3-4-12-10(13)9(8)5-7/h7-9H,1-5H2,(H,12,13). The number of piperidine rings is 1. The Balaban J connectivity index is 2.06. The molecule has 3 atom stereocenters. The summed E-state index contributed by atoms with van der Waals surface area (Å²) in [7, 11) is 0. The van der Waals surface area contributed by atoms with Crippen molar-refractivity contribution in [2.45, 2.75) is 25.7 Å². The van der Waals surface area contributed by atoms with Crippen LogP contribution in [0.3, 0.4) is 0 Å². The van der Waals surface area contributed by atoms with Crippen LogP contribution in [0.2, 0.25) is 0 Å². The highest BCUT2D eigenvalue weighted by molar-refractivity contribution is 5.79. The summed E-state index contributed by atoms with van der Waals surface area (Å²) in [6.45, 7) is 0.831. The molecule has 2 rings (SSSR count). The zero-order valence-electron chi connectivity index (χ0n) is 7.62. The number of nitrogens with one attached hydrogen (secondary N) is 1. The van der Waals surface area contributed by atoms with E-state index in [9.17, 15) is 4.79 Å². The summed E-state index contributed by atoms with van der Waals surface area (Å²) >= 11 is 0. The van der Waals surface area contributed by atoms with Crippen LogP contribution >= 0.6 is 0 Å². The summed E-state index contributed by atoms with van der Waals surface area (Å²) in [4.78, 5) is 11.5. The molecule has 1 saturated heterocycles. The van der Waals surface area contributed by atoms with Crippen molar-refractivity contribution in [3.63, 3.8) is 0 Å². The summed E-state index contributed by atoms with van der Waals surface area (Å²) in [5, 5.41) is 11.7. The molecule has 13 heavy (non-hydrogen) atoms. The van der Waals surface area contributed by atoms with E-state index in [1.807, 2.05) is 0 Å². The van der Waals surface area contributed by atoms with Gasteiger partial charge in [0.25, 0.3) is 0 Å². The Bertz CT molecular complexity index is 256. The van der Waals surface area contributed by atoms with Crippen LogP contribution < -0.4 is 5.32 Å². The van der Waals surface area contributed by atoms with Crippen molar-refractivity contribution >= 4 is 5.91 Å². The first-order valence-corrected chi connectivity index (χ1v) is 4.98. The molecule has 0 aromatic carbocycles. The van der Waals surface area contributed by atoms with Crippen molar-refractivity contribution in [2.75, 3.05) is 6.54 Å². The molecule has 1 aliphatic carbocycles. The molecular formula is C10H14N2O. The lowest BCUT2D eigenvalue weighted by Crippen LogP contribution is -2.44. The van der Waals surface area contributed by atoms with Gasteiger partial charge in [-0.25, -0.2) is 0 Å². The van der Waals surface area contributed by atoms with Crippen LogP contribution in [0.4, 0.5) is 0 Å². The van der Waals surface area contributed by atoms with Gasteiger partial charge < -0.3 is 5.32 Å². The van der Waals surface area contributed by atoms with E-state index in [-0.39, 0.29) is 17.7 Å². The highest BCUT2D eigenvalue weighted by Crippen LogP contribution is 2.37. The Morgan fingerprint density at radius 1 is 1.38 bits per heavy atom. The van der Waals surface area contributed by atoms with Crippen molar-refractivity contribution in [3.05, 3.63) is 0 Å². The Morgan fingerprint density at radius 2 is 2.23 bits per heavy atom. The first-order chi connectivity index (χ1) is 6.31. The number of hydrogen-bond donors (Lipinski definition) is 1. The minimum absolute atomic E-state index is 0.116. The maximum absolute atomic E-state index is 11.5. The Kier molecular flexibility index (Phi) is 2.22. The number of fused-ring (bicyclic) bond motifs is 1. The maximum Gasteiger partial charge on any atom is 0.223 e. The van der Waals surface area contributed by atoms with E-state index in [2.05, 4.69) is 11.4 Å². The first kappa shape index (κ1) is 8.55. The van der Waals surface area contributed by atoms with Gasteiger partial charge in [-0.2, -0.15) is 5.26 Å². The molecule has 2 aliphatic rings. The molecule has 0 spiro atoms. The highest BCUT2D eigenvalue weighted by atomic mass is 16.1. The predicted octanol–water partition coefficient (Wildman–Crippen LogP) is 1.06. The van der Waals surface area contributed by atoms with Crippen molar-refractivity contribution in [3.8, 4) is 6.07 Å². The fourth-order valence-corrected chi connectivity index (χ4v) is 2.53. The zero-order valence-corrected chi connectivity index (χ0v) is 7.62. The maximum atomic E-state index is 11.5. The van der Waals surface area contributed by atoms with Crippen LogP contribution in [-0.4, -0.2) is 12.5 Å². The van der Waals surface area contributed by atoms with Crippen molar-refractivity contribution in [2.24, 2.45) is 17.8 Å². The van der Waals surface area contributed by atoms with Gasteiger partial charge in [-0.05, 0) is 31.6 Å². The second-order valence-corrected chi connectivity index (χ2v) is 4.09. The molecule has 3 heteroatoms. The predicted molar refractivity (Wildman–Crippen MR) is 47.6 cm³/mol. The quantitative estimate of drug-likeness (QED) is 0.603. The molecule has 70 valence electrons. The molecular weight excluding hydrogens is 164 g/mol. The third-order valence-corrected chi connectivity index (χ3v) is 3.33. The van der Waals surface area contributed by atoms with E-state index in [0.29, 0.717) is 5.92 Å². The van der Waals surface area contributed by atoms with Crippen LogP contribution in [0, 0.1) is 29.1 Å². The van der Waals surface area contributed by atoms with E-state index in [1.165, 1.54) is 0 Å². The SMILES string of the molecule is N#CC1CCC2CCNC(=O)C2C1. The van der Waals surface area contributed by atoms with Gasteiger partial charge in [-0.15, -0.1) is 0 Å². The Hall–Kier alpha value is -1.04. The van der Waals surface area contributed by atoms with E-state index in [4.69, 9.17) is 5.26 Å². The largest absolute Gasteiger partial charge is 0.356 e. The van der Waals surface area contributed by atoms with E-state index in [0.717, 1.165) is 32.2 Å². The van der Waals surface area contributed by atoms with Crippen molar-refractivity contribution in [1.29, 1.82) is 5.26 Å². The average Bonchev–Trinajstić information content (AvgIpc) is 2.18. The molecule has 1 amide bonds. The minimum Gasteiger partial charge on any atom is -0.356 e. The van der Waals surface area contributed by atoms with Gasteiger partial charge in [-0.3, -0.25) is 4.79 Å². The number of carbonyl (C=O) groups excluding carboxylic acids is 1. The second-order valence-electron chi connectivity index (χ2n) is 4.09. The number of nitriles is 1. The van der Waals surface area contributed by atoms with Gasteiger partial charge in [-0.1, -0.05) is 0 Å². The molecule has 0 aromatic heterocycles. The lowest BCUT2D eigenvalue weighted by atomic mass is 9.71. The van der Waals surface area contributed by atoms with Gasteiger partial charge in [0.2, 0.25) is 5.91 Å². The van der Waals surface area contributed by atoms with Gasteiger partial charge in [0.15, 0.2) is 0 Å². The average molecular weight is 178 g/mol. The number of carbonyl (C=O) groups is 1. The first-order valence-electron chi connectivity index (χ1n) is 4.98. The molecule has 0 bridgehead atoms. The number of hydrogen-bond acceptors (Lipinski definition) is 2. The van der Waals surface area contributed by atoms with Gasteiger partial charge in [0.1, 0.15) is 0 Å². The molecule has 1 saturated carbocycles. The second kappa shape index (κ2) is 3.37. The van der Waals surface area contributed by atoms with Crippen LogP contribution in [0.15, 0.2) is 0 Å². The van der Waals surface area contributed by atoms with Gasteiger partial charge in [0.05, 0.1) is 6.07 Å². The highest BCUT2D eigenvalue weighted by Gasteiger charge is 2.37. The molecule has 1 aliphatic heterocycles. The minimum atomic E-state index is 0.116. The number of amides is 1. The summed E-state index contributed by atoms with van der Waals surface area (Å²) in [6, 6.07) is 2.28. The monoisotopic (exact) mass is 178 g/mol. The number of nitrogens with zero attached hydrogens (tertiary/aromatic N) is 1. The third kappa shape index (κ3) is 1.53. The third-order valence-electron chi connectivity index (χ3n) is 3.33. The zero-order chi connectivity index (χ0) is 9.26. The Labute approximate surface area is 78.1 Å². The fourth-order valence-electron chi connectivity index (χ4n) is 2.53. The fraction of sp³-hybridized carbons (Fsp3) is 0.800. The van der Waals surface area contributed by atoms with Crippen molar-refractivity contribution < 1.29 is 4.79 Å². The molecule has 0 aromatic rings. The molecule has 3 unspecified atom stereocenters. The van der Waals surface area contributed by atoms with Gasteiger partial charge >= 0.3 is 0 Å². The van der Waals surface area contributed by atoms with E-state index < -0.39 is 0 Å². The molecule has 0 radical (unpaired) electrons. The topological polar surface area (TPSA) is 52.9 Å². The molecule has 3 nitrogen and oxygen atoms in total. The van der Waals surface area contributed by atoms with Gasteiger partial charge in [0, 0.05) is 18.4 Å². The summed E-state index contributed by atoms with van der Waals surface area (Å²) < 4.78 is 0. The lowest BCUT2D eigenvalue weighted by Gasteiger charge is -2.36. The summed E-state index contributed by atoms with van der Waals surface area (Å²) in [6.07, 6.45) is 3.95. The molecule has 2 fully saturated rings. The smallest absolute Gasteiger partial charge is 0.223 e. The summed E-state index contributed by atoms with van der Waals surface area (Å²) in [5.74, 6) is 0.979. The summed E-state index contributed by atoms with van der Waals surface area (Å²) in [5.41, 5.74) is 0. The normalized spacial score (nSPS) is 38.7. The van der Waals surface area contributed by atoms with E-state index >= 15 is 0 Å². The Morgan fingerprint density at radius 3 is 3.00 bits per heavy atom. The van der Waals surface area contributed by atoms with E-state index in [1.54, 1.807) is 0 Å². The molecule has 1 heterocycles. The number of rotatable bonds is 0.